The predicted molar refractivity (Wildman–Crippen MR) is 121 cm³/mol. The average molecular weight is 504 g/mol. The highest BCUT2D eigenvalue weighted by Crippen LogP contribution is 2.18. The first-order chi connectivity index (χ1) is 13.3. The van der Waals surface area contributed by atoms with Crippen LogP contribution in [0.5, 0.6) is 5.88 Å². The maximum absolute atomic E-state index is 6.10. The molecule has 0 amide bonds. The first-order valence-electron chi connectivity index (χ1n) is 9.96. The lowest BCUT2D eigenvalue weighted by Gasteiger charge is -2.35. The number of ether oxygens (including phenoxy) is 3. The molecule has 1 atom stereocenters. The van der Waals surface area contributed by atoms with Crippen LogP contribution in [0, 0.1) is 0 Å². The first-order valence-corrected chi connectivity index (χ1v) is 9.96. The summed E-state index contributed by atoms with van der Waals surface area (Å²) in [6.45, 7) is 4.23. The number of methoxy groups -OCH3 is 1. The molecule has 0 spiro atoms. The minimum absolute atomic E-state index is 0. The molecular formula is C20H33IN4O3. The van der Waals surface area contributed by atoms with Gasteiger partial charge in [-0.25, -0.2) is 4.98 Å². The first kappa shape index (κ1) is 23.2. The SMILES string of the molecule is CN=C(NCc1ccc(OC)nc1)N1CCC(OCC2CCCCO2)CC1.I. The van der Waals surface area contributed by atoms with Gasteiger partial charge in [0.05, 0.1) is 25.9 Å². The second-order valence-corrected chi connectivity index (χ2v) is 7.12. The van der Waals surface area contributed by atoms with Crippen LogP contribution in [-0.2, 0) is 16.0 Å². The molecule has 2 fully saturated rings. The molecule has 0 radical (unpaired) electrons. The smallest absolute Gasteiger partial charge is 0.212 e. The van der Waals surface area contributed by atoms with E-state index in [1.165, 1.54) is 12.8 Å². The minimum Gasteiger partial charge on any atom is -0.481 e. The summed E-state index contributed by atoms with van der Waals surface area (Å²) in [5, 5.41) is 3.43. The van der Waals surface area contributed by atoms with E-state index in [9.17, 15) is 0 Å². The third kappa shape index (κ3) is 7.04. The van der Waals surface area contributed by atoms with Crippen LogP contribution in [-0.4, -0.2) is 68.5 Å². The van der Waals surface area contributed by atoms with Crippen molar-refractivity contribution in [1.29, 1.82) is 0 Å². The van der Waals surface area contributed by atoms with Crippen molar-refractivity contribution >= 4 is 29.9 Å². The molecular weight excluding hydrogens is 471 g/mol. The molecule has 3 rings (SSSR count). The van der Waals surface area contributed by atoms with Gasteiger partial charge >= 0.3 is 0 Å². The van der Waals surface area contributed by atoms with Crippen LogP contribution in [0.15, 0.2) is 23.3 Å². The maximum Gasteiger partial charge on any atom is 0.212 e. The fourth-order valence-electron chi connectivity index (χ4n) is 3.57. The van der Waals surface area contributed by atoms with Crippen molar-refractivity contribution in [2.45, 2.75) is 50.9 Å². The van der Waals surface area contributed by atoms with Crippen molar-refractivity contribution in [1.82, 2.24) is 15.2 Å². The number of guanidine groups is 1. The minimum atomic E-state index is 0. The molecule has 28 heavy (non-hydrogen) atoms. The van der Waals surface area contributed by atoms with Gasteiger partial charge in [0.25, 0.3) is 0 Å². The molecule has 2 aliphatic heterocycles. The van der Waals surface area contributed by atoms with Crippen LogP contribution >= 0.6 is 24.0 Å². The third-order valence-corrected chi connectivity index (χ3v) is 5.20. The van der Waals surface area contributed by atoms with E-state index >= 15 is 0 Å². The lowest BCUT2D eigenvalue weighted by Crippen LogP contribution is -2.47. The normalized spacial score (nSPS) is 21.1. The van der Waals surface area contributed by atoms with Gasteiger partial charge in [0.15, 0.2) is 5.96 Å². The van der Waals surface area contributed by atoms with Crippen LogP contribution < -0.4 is 10.1 Å². The number of aliphatic imine (C=N–C) groups is 1. The molecule has 1 aromatic heterocycles. The molecule has 1 aromatic rings. The Balaban J connectivity index is 0.00000280. The number of halogens is 1. The molecule has 7 nitrogen and oxygen atoms in total. The van der Waals surface area contributed by atoms with Crippen LogP contribution in [0.25, 0.3) is 0 Å². The summed E-state index contributed by atoms with van der Waals surface area (Å²) in [5.74, 6) is 1.56. The Hall–Kier alpha value is -1.13. The fourth-order valence-corrected chi connectivity index (χ4v) is 3.57. The van der Waals surface area contributed by atoms with E-state index in [2.05, 4.69) is 20.2 Å². The van der Waals surface area contributed by atoms with E-state index in [0.717, 1.165) is 57.1 Å². The van der Waals surface area contributed by atoms with E-state index < -0.39 is 0 Å². The second-order valence-electron chi connectivity index (χ2n) is 7.12. The molecule has 3 heterocycles. The third-order valence-electron chi connectivity index (χ3n) is 5.20. The number of hydrogen-bond acceptors (Lipinski definition) is 5. The van der Waals surface area contributed by atoms with E-state index in [0.29, 0.717) is 24.6 Å². The zero-order valence-electron chi connectivity index (χ0n) is 16.9. The summed E-state index contributed by atoms with van der Waals surface area (Å²) in [6, 6.07) is 3.89. The Morgan fingerprint density at radius 2 is 2.11 bits per heavy atom. The van der Waals surface area contributed by atoms with Crippen molar-refractivity contribution < 1.29 is 14.2 Å². The number of nitrogens with one attached hydrogen (secondary N) is 1. The molecule has 0 bridgehead atoms. The van der Waals surface area contributed by atoms with E-state index in [-0.39, 0.29) is 24.0 Å². The summed E-state index contributed by atoms with van der Waals surface area (Å²) >= 11 is 0. The number of nitrogens with zero attached hydrogens (tertiary/aromatic N) is 3. The quantitative estimate of drug-likeness (QED) is 0.365. The van der Waals surface area contributed by atoms with Gasteiger partial charge in [-0.2, -0.15) is 0 Å². The standard InChI is InChI=1S/C20H32N4O3.HI/c1-21-20(23-14-16-6-7-19(25-2)22-13-16)24-10-8-17(9-11-24)27-15-18-5-3-4-12-26-18;/h6-7,13,17-18H,3-5,8-12,14-15H2,1-2H3,(H,21,23);1H. The monoisotopic (exact) mass is 504 g/mol. The van der Waals surface area contributed by atoms with Crippen molar-refractivity contribution in [3.05, 3.63) is 23.9 Å². The highest BCUT2D eigenvalue weighted by atomic mass is 127. The molecule has 8 heteroatoms. The molecule has 2 aliphatic rings. The summed E-state index contributed by atoms with van der Waals surface area (Å²) in [7, 11) is 3.45. The largest absolute Gasteiger partial charge is 0.481 e. The van der Waals surface area contributed by atoms with Gasteiger partial charge in [0, 0.05) is 45.6 Å². The molecule has 0 aliphatic carbocycles. The fraction of sp³-hybridized carbons (Fsp3) is 0.700. The van der Waals surface area contributed by atoms with E-state index in [4.69, 9.17) is 14.2 Å². The van der Waals surface area contributed by atoms with Crippen LogP contribution in [0.2, 0.25) is 0 Å². The Bertz CT molecular complexity index is 586. The highest BCUT2D eigenvalue weighted by Gasteiger charge is 2.23. The lowest BCUT2D eigenvalue weighted by molar-refractivity contribution is -0.0721. The van der Waals surface area contributed by atoms with Gasteiger partial charge in [-0.3, -0.25) is 4.99 Å². The summed E-state index contributed by atoms with van der Waals surface area (Å²) in [5.41, 5.74) is 1.10. The van der Waals surface area contributed by atoms with E-state index in [1.54, 1.807) is 7.11 Å². The van der Waals surface area contributed by atoms with Crippen molar-refractivity contribution in [2.24, 2.45) is 4.99 Å². The summed E-state index contributed by atoms with van der Waals surface area (Å²) < 4.78 is 17.0. The van der Waals surface area contributed by atoms with Crippen LogP contribution in [0.4, 0.5) is 0 Å². The van der Waals surface area contributed by atoms with Gasteiger partial charge in [-0.1, -0.05) is 6.07 Å². The van der Waals surface area contributed by atoms with Crippen molar-refractivity contribution in [3.63, 3.8) is 0 Å². The van der Waals surface area contributed by atoms with Crippen LogP contribution in [0.1, 0.15) is 37.7 Å². The maximum atomic E-state index is 6.10. The van der Waals surface area contributed by atoms with Gasteiger partial charge in [-0.05, 0) is 37.7 Å². The van der Waals surface area contributed by atoms with Crippen molar-refractivity contribution in [3.8, 4) is 5.88 Å². The number of rotatable bonds is 6. The number of aromatic nitrogens is 1. The Kier molecular flexibility index (Phi) is 10.3. The van der Waals surface area contributed by atoms with Crippen molar-refractivity contribution in [2.75, 3.05) is 40.5 Å². The highest BCUT2D eigenvalue weighted by molar-refractivity contribution is 14.0. The molecule has 0 aromatic carbocycles. The second kappa shape index (κ2) is 12.4. The Labute approximate surface area is 185 Å². The summed E-state index contributed by atoms with van der Waals surface area (Å²) in [4.78, 5) is 11.0. The van der Waals surface area contributed by atoms with Gasteiger partial charge in [-0.15, -0.1) is 24.0 Å². The molecule has 2 saturated heterocycles. The molecule has 158 valence electrons. The predicted octanol–water partition coefficient (Wildman–Crippen LogP) is 2.83. The van der Waals surface area contributed by atoms with E-state index in [1.807, 2.05) is 25.4 Å². The number of piperidine rings is 1. The summed E-state index contributed by atoms with van der Waals surface area (Å²) in [6.07, 6.45) is 8.09. The van der Waals surface area contributed by atoms with Crippen LogP contribution in [0.3, 0.4) is 0 Å². The van der Waals surface area contributed by atoms with Gasteiger partial charge in [0.1, 0.15) is 0 Å². The number of likely N-dealkylation sites (tertiary alicyclic amines) is 1. The van der Waals surface area contributed by atoms with Gasteiger partial charge in [0.2, 0.25) is 5.88 Å². The zero-order valence-corrected chi connectivity index (χ0v) is 19.3. The Morgan fingerprint density at radius 1 is 1.29 bits per heavy atom. The molecule has 1 N–H and O–H groups in total. The Morgan fingerprint density at radius 3 is 2.71 bits per heavy atom. The number of pyridine rings is 1. The average Bonchev–Trinajstić information content (AvgIpc) is 2.74. The topological polar surface area (TPSA) is 68.2 Å². The molecule has 0 saturated carbocycles. The zero-order chi connectivity index (χ0) is 18.9. The van der Waals surface area contributed by atoms with Gasteiger partial charge < -0.3 is 24.4 Å². The molecule has 1 unspecified atom stereocenters. The number of hydrogen-bond donors (Lipinski definition) is 1. The lowest BCUT2D eigenvalue weighted by atomic mass is 10.1.